The average molecular weight is 339 g/mol. The Kier molecular flexibility index (Phi) is 6.01. The molecule has 0 saturated carbocycles. The van der Waals surface area contributed by atoms with Crippen LogP contribution >= 0.6 is 0 Å². The number of fused-ring (bicyclic) bond motifs is 1. The molecule has 10 heteroatoms. The van der Waals surface area contributed by atoms with Gasteiger partial charge in [0.2, 0.25) is 11.9 Å². The van der Waals surface area contributed by atoms with Crippen LogP contribution < -0.4 is 10.9 Å². The molecule has 0 aliphatic rings. The van der Waals surface area contributed by atoms with Crippen molar-refractivity contribution in [3.63, 3.8) is 0 Å². The van der Waals surface area contributed by atoms with E-state index in [1.165, 1.54) is 10.9 Å². The van der Waals surface area contributed by atoms with Gasteiger partial charge >= 0.3 is 0 Å². The average Bonchev–Trinajstić information content (AvgIpc) is 2.95. The molecule has 0 fully saturated rings. The minimum atomic E-state index is -0.643. The highest BCUT2D eigenvalue weighted by Gasteiger charge is 2.18. The Morgan fingerprint density at radius 2 is 2.17 bits per heavy atom. The second-order valence-corrected chi connectivity index (χ2v) is 5.44. The van der Waals surface area contributed by atoms with Gasteiger partial charge in [0.25, 0.3) is 5.56 Å². The van der Waals surface area contributed by atoms with Crippen LogP contribution in [0, 0.1) is 5.92 Å². The van der Waals surface area contributed by atoms with Gasteiger partial charge in [0.1, 0.15) is 6.23 Å². The van der Waals surface area contributed by atoms with Crippen molar-refractivity contribution in [2.75, 3.05) is 25.1 Å². The zero-order valence-corrected chi connectivity index (χ0v) is 13.5. The van der Waals surface area contributed by atoms with Crippen molar-refractivity contribution in [3.8, 4) is 0 Å². The van der Waals surface area contributed by atoms with E-state index in [0.717, 1.165) is 0 Å². The van der Waals surface area contributed by atoms with Crippen LogP contribution in [0.15, 0.2) is 11.1 Å². The number of amides is 1. The minimum Gasteiger partial charge on any atom is -0.396 e. The van der Waals surface area contributed by atoms with Gasteiger partial charge in [-0.1, -0.05) is 13.8 Å². The zero-order chi connectivity index (χ0) is 17.7. The monoisotopic (exact) mass is 339 g/mol. The number of aliphatic hydroxyl groups is 2. The molecule has 1 amide bonds. The number of hydrogen-bond donors (Lipinski definition) is 4. The molecule has 0 bridgehead atoms. The molecule has 132 valence electrons. The third-order valence-corrected chi connectivity index (χ3v) is 3.29. The van der Waals surface area contributed by atoms with Crippen molar-refractivity contribution >= 4 is 23.0 Å². The standard InChI is InChI=1S/C14H21N5O5/c1-8(2)12(22)17-14-16-11-10(13(23)18-14)15-7-19(11)9(3-4-20)24-6-5-21/h7-9,20-21H,3-6H2,1-2H3,(H2,16,17,18,22,23). The summed E-state index contributed by atoms with van der Waals surface area (Å²) in [6.07, 6.45) is 0.960. The predicted molar refractivity (Wildman–Crippen MR) is 85.4 cm³/mol. The largest absolute Gasteiger partial charge is 0.396 e. The van der Waals surface area contributed by atoms with Crippen LogP contribution in [0.25, 0.3) is 11.2 Å². The number of H-pyrrole nitrogens is 1. The summed E-state index contributed by atoms with van der Waals surface area (Å²) in [5, 5.41) is 20.6. The first-order valence-corrected chi connectivity index (χ1v) is 7.59. The van der Waals surface area contributed by atoms with E-state index in [-0.39, 0.29) is 55.2 Å². The summed E-state index contributed by atoms with van der Waals surface area (Å²) in [5.41, 5.74) is -0.190. The maximum absolute atomic E-state index is 12.1. The van der Waals surface area contributed by atoms with E-state index < -0.39 is 11.8 Å². The maximum atomic E-state index is 12.1. The summed E-state index contributed by atoms with van der Waals surface area (Å²) in [5.74, 6) is -0.546. The molecule has 0 spiro atoms. The van der Waals surface area contributed by atoms with Crippen molar-refractivity contribution in [3.05, 3.63) is 16.7 Å². The molecule has 1 atom stereocenters. The number of carbonyl (C=O) groups is 1. The van der Waals surface area contributed by atoms with Crippen LogP contribution in [0.3, 0.4) is 0 Å². The number of imidazole rings is 1. The van der Waals surface area contributed by atoms with Crippen LogP contribution in [0.2, 0.25) is 0 Å². The molecule has 2 aromatic heterocycles. The molecule has 10 nitrogen and oxygen atoms in total. The van der Waals surface area contributed by atoms with E-state index in [1.54, 1.807) is 13.8 Å². The van der Waals surface area contributed by atoms with Gasteiger partial charge in [-0.05, 0) is 0 Å². The van der Waals surface area contributed by atoms with Gasteiger partial charge in [-0.25, -0.2) is 4.98 Å². The number of carbonyl (C=O) groups excluding carboxylic acids is 1. The molecule has 0 saturated heterocycles. The number of aromatic nitrogens is 4. The fraction of sp³-hybridized carbons (Fsp3) is 0.571. The Morgan fingerprint density at radius 3 is 2.79 bits per heavy atom. The molecule has 1 unspecified atom stereocenters. The molecule has 0 radical (unpaired) electrons. The third kappa shape index (κ3) is 3.96. The lowest BCUT2D eigenvalue weighted by Crippen LogP contribution is -2.23. The molecular weight excluding hydrogens is 318 g/mol. The molecule has 2 aromatic rings. The molecule has 0 aliphatic carbocycles. The lowest BCUT2D eigenvalue weighted by Gasteiger charge is -2.18. The second-order valence-electron chi connectivity index (χ2n) is 5.44. The number of ether oxygens (including phenoxy) is 1. The van der Waals surface area contributed by atoms with E-state index in [0.29, 0.717) is 0 Å². The van der Waals surface area contributed by atoms with Gasteiger partial charge in [-0.3, -0.25) is 24.5 Å². The van der Waals surface area contributed by atoms with Gasteiger partial charge in [0.15, 0.2) is 11.2 Å². The highest BCUT2D eigenvalue weighted by Crippen LogP contribution is 2.18. The summed E-state index contributed by atoms with van der Waals surface area (Å²) in [6.45, 7) is 3.16. The van der Waals surface area contributed by atoms with Crippen LogP contribution in [0.4, 0.5) is 5.95 Å². The Balaban J connectivity index is 2.42. The van der Waals surface area contributed by atoms with Crippen molar-refractivity contribution in [1.82, 2.24) is 19.5 Å². The summed E-state index contributed by atoms with van der Waals surface area (Å²) in [4.78, 5) is 34.6. The van der Waals surface area contributed by atoms with Gasteiger partial charge in [-0.15, -0.1) is 0 Å². The highest BCUT2D eigenvalue weighted by molar-refractivity contribution is 5.91. The SMILES string of the molecule is CC(C)C(=O)Nc1nc2c(ncn2C(CCO)OCCO)c(=O)[nH]1. The van der Waals surface area contributed by atoms with Crippen molar-refractivity contribution in [2.24, 2.45) is 5.92 Å². The van der Waals surface area contributed by atoms with Crippen LogP contribution in [0.5, 0.6) is 0 Å². The van der Waals surface area contributed by atoms with E-state index in [9.17, 15) is 14.7 Å². The number of rotatable bonds is 8. The number of nitrogens with zero attached hydrogens (tertiary/aromatic N) is 3. The number of anilines is 1. The first kappa shape index (κ1) is 18.0. The van der Waals surface area contributed by atoms with Crippen molar-refractivity contribution < 1.29 is 19.7 Å². The molecule has 2 heterocycles. The van der Waals surface area contributed by atoms with E-state index in [2.05, 4.69) is 20.3 Å². The lowest BCUT2D eigenvalue weighted by molar-refractivity contribution is -0.118. The minimum absolute atomic E-state index is 0.0119. The molecule has 24 heavy (non-hydrogen) atoms. The first-order valence-electron chi connectivity index (χ1n) is 7.59. The van der Waals surface area contributed by atoms with Gasteiger partial charge in [-0.2, -0.15) is 4.98 Å². The Bertz CT molecular complexity index is 754. The van der Waals surface area contributed by atoms with Gasteiger partial charge in [0, 0.05) is 18.9 Å². The van der Waals surface area contributed by atoms with Gasteiger partial charge in [0.05, 0.1) is 19.5 Å². The first-order chi connectivity index (χ1) is 11.5. The predicted octanol–water partition coefficient (Wildman–Crippen LogP) is -0.396. The number of hydrogen-bond acceptors (Lipinski definition) is 7. The van der Waals surface area contributed by atoms with Gasteiger partial charge < -0.3 is 14.9 Å². The quantitative estimate of drug-likeness (QED) is 0.512. The Hall–Kier alpha value is -2.30. The molecule has 4 N–H and O–H groups in total. The van der Waals surface area contributed by atoms with Crippen LogP contribution in [-0.2, 0) is 9.53 Å². The number of aromatic amines is 1. The van der Waals surface area contributed by atoms with Crippen LogP contribution in [-0.4, -0.2) is 55.5 Å². The molecule has 0 aliphatic heterocycles. The third-order valence-electron chi connectivity index (χ3n) is 3.29. The fourth-order valence-electron chi connectivity index (χ4n) is 2.06. The summed E-state index contributed by atoms with van der Waals surface area (Å²) in [6, 6.07) is 0. The fourth-order valence-corrected chi connectivity index (χ4v) is 2.06. The Labute approximate surface area is 137 Å². The summed E-state index contributed by atoms with van der Waals surface area (Å²) < 4.78 is 6.94. The summed E-state index contributed by atoms with van der Waals surface area (Å²) >= 11 is 0. The Morgan fingerprint density at radius 1 is 1.42 bits per heavy atom. The lowest BCUT2D eigenvalue weighted by atomic mass is 10.2. The highest BCUT2D eigenvalue weighted by atomic mass is 16.5. The smallest absolute Gasteiger partial charge is 0.280 e. The number of nitrogens with one attached hydrogen (secondary N) is 2. The van der Waals surface area contributed by atoms with E-state index >= 15 is 0 Å². The topological polar surface area (TPSA) is 142 Å². The number of aliphatic hydroxyl groups excluding tert-OH is 2. The van der Waals surface area contributed by atoms with Crippen molar-refractivity contribution in [2.45, 2.75) is 26.5 Å². The van der Waals surface area contributed by atoms with E-state index in [4.69, 9.17) is 9.84 Å². The second kappa shape index (κ2) is 7.99. The molecule has 2 rings (SSSR count). The van der Waals surface area contributed by atoms with E-state index in [1.807, 2.05) is 0 Å². The van der Waals surface area contributed by atoms with Crippen molar-refractivity contribution in [1.29, 1.82) is 0 Å². The zero-order valence-electron chi connectivity index (χ0n) is 13.5. The van der Waals surface area contributed by atoms with Crippen LogP contribution in [0.1, 0.15) is 26.5 Å². The maximum Gasteiger partial charge on any atom is 0.280 e. The summed E-state index contributed by atoms with van der Waals surface area (Å²) in [7, 11) is 0. The molecular formula is C14H21N5O5. The normalized spacial score (nSPS) is 12.7. The molecule has 0 aromatic carbocycles.